The Morgan fingerprint density at radius 1 is 0.744 bits per heavy atom. The maximum Gasteiger partial charge on any atom is 0.223 e. The topological polar surface area (TPSA) is 226 Å². The Morgan fingerprint density at radius 3 is 1.82 bits per heavy atom. The first-order valence-electron chi connectivity index (χ1n) is 13.0. The van der Waals surface area contributed by atoms with Crippen LogP contribution in [0.1, 0.15) is 41.0 Å². The van der Waals surface area contributed by atoms with Crippen LogP contribution in [0.25, 0.3) is 0 Å². The Labute approximate surface area is 226 Å². The number of carbonyl (C=O) groups excluding carboxylic acids is 1. The van der Waals surface area contributed by atoms with Crippen molar-refractivity contribution < 1.29 is 69.0 Å². The molecule has 0 aromatic heterocycles. The minimum absolute atomic E-state index is 0.216. The van der Waals surface area contributed by atoms with Crippen LogP contribution in [0.3, 0.4) is 0 Å². The molecule has 0 unspecified atom stereocenters. The van der Waals surface area contributed by atoms with E-state index in [0.29, 0.717) is 0 Å². The third-order valence-corrected chi connectivity index (χ3v) is 7.18. The summed E-state index contributed by atoms with van der Waals surface area (Å²) in [5.74, 6) is -0.516. The van der Waals surface area contributed by atoms with E-state index >= 15 is 0 Å². The van der Waals surface area contributed by atoms with Gasteiger partial charge in [-0.05, 0) is 34.6 Å². The molecule has 0 aromatic rings. The fraction of sp³-hybridized carbons (Fsp3) is 0.958. The van der Waals surface area contributed by atoms with Crippen molar-refractivity contribution >= 4 is 5.91 Å². The van der Waals surface area contributed by atoms with E-state index in [1.54, 1.807) is 6.92 Å². The average molecular weight is 570 g/mol. The number of amides is 1. The Kier molecular flexibility index (Phi) is 10.7. The molecule has 1 amide bonds. The van der Waals surface area contributed by atoms with Gasteiger partial charge in [-0.2, -0.15) is 0 Å². The monoisotopic (exact) mass is 569 g/mol. The fourth-order valence-electron chi connectivity index (χ4n) is 4.96. The molecule has 3 rings (SSSR count). The summed E-state index contributed by atoms with van der Waals surface area (Å²) in [4.78, 5) is 12.4. The standard InChI is InChI=1S/C24H43NO14/c1-8-12(25-11(26)7-24(4,5)33)15(29)20(34-6)23(36-8)39-19-14(28)10(3)37-22(17(19)31)38-18-13(27)9(2)35-21(32)16(18)30/h8-10,12-23,27-33H,7H2,1-6H3,(H,25,26)/t8-,9+,10+,12-,13+,14+,15+,16-,17-,18-,19-,20-,21-,22+,23+/m1/s1. The van der Waals surface area contributed by atoms with Crippen molar-refractivity contribution in [1.29, 1.82) is 0 Å². The zero-order valence-electron chi connectivity index (χ0n) is 22.9. The molecule has 8 N–H and O–H groups in total. The molecule has 15 heteroatoms. The van der Waals surface area contributed by atoms with Crippen molar-refractivity contribution in [2.45, 2.75) is 139 Å². The lowest BCUT2D eigenvalue weighted by atomic mass is 9.94. The summed E-state index contributed by atoms with van der Waals surface area (Å²) in [6.07, 6.45) is -18.8. The number of methoxy groups -OCH3 is 1. The highest BCUT2D eigenvalue weighted by Gasteiger charge is 2.52. The third-order valence-electron chi connectivity index (χ3n) is 7.18. The number of aliphatic hydroxyl groups excluding tert-OH is 6. The summed E-state index contributed by atoms with van der Waals surface area (Å²) in [6, 6.07) is -0.922. The molecule has 3 aliphatic heterocycles. The van der Waals surface area contributed by atoms with Crippen LogP contribution in [0.4, 0.5) is 0 Å². The van der Waals surface area contributed by atoms with E-state index in [1.165, 1.54) is 34.8 Å². The van der Waals surface area contributed by atoms with E-state index in [2.05, 4.69) is 5.32 Å². The molecule has 0 radical (unpaired) electrons. The predicted molar refractivity (Wildman–Crippen MR) is 129 cm³/mol. The van der Waals surface area contributed by atoms with E-state index in [1.807, 2.05) is 0 Å². The number of hydrogen-bond acceptors (Lipinski definition) is 14. The fourth-order valence-corrected chi connectivity index (χ4v) is 4.96. The van der Waals surface area contributed by atoms with Gasteiger partial charge >= 0.3 is 0 Å². The highest BCUT2D eigenvalue weighted by Crippen LogP contribution is 2.32. The quantitative estimate of drug-likeness (QED) is 0.142. The van der Waals surface area contributed by atoms with E-state index in [9.17, 15) is 40.5 Å². The highest BCUT2D eigenvalue weighted by atomic mass is 16.7. The Balaban J connectivity index is 1.72. The normalized spacial score (nSPS) is 47.6. The Morgan fingerprint density at radius 2 is 1.26 bits per heavy atom. The van der Waals surface area contributed by atoms with Crippen LogP contribution in [0.15, 0.2) is 0 Å². The number of hydrogen-bond donors (Lipinski definition) is 8. The molecule has 0 spiro atoms. The molecule has 0 aromatic carbocycles. The van der Waals surface area contributed by atoms with Crippen LogP contribution in [-0.2, 0) is 33.2 Å². The first-order valence-corrected chi connectivity index (χ1v) is 13.0. The first-order chi connectivity index (χ1) is 18.0. The lowest BCUT2D eigenvalue weighted by Crippen LogP contribution is -2.67. The summed E-state index contributed by atoms with van der Waals surface area (Å²) in [5, 5.41) is 75.9. The van der Waals surface area contributed by atoms with Crippen LogP contribution < -0.4 is 5.32 Å². The second-order valence-electron chi connectivity index (χ2n) is 11.1. The van der Waals surface area contributed by atoms with Gasteiger partial charge in [0.1, 0.15) is 48.8 Å². The number of ether oxygens (including phenoxy) is 6. The summed E-state index contributed by atoms with van der Waals surface area (Å²) in [6.45, 7) is 7.47. The zero-order valence-corrected chi connectivity index (χ0v) is 22.9. The van der Waals surface area contributed by atoms with Crippen molar-refractivity contribution in [3.8, 4) is 0 Å². The summed E-state index contributed by atoms with van der Waals surface area (Å²) in [7, 11) is 1.28. The van der Waals surface area contributed by atoms with Crippen molar-refractivity contribution in [2.75, 3.05) is 7.11 Å². The van der Waals surface area contributed by atoms with Crippen LogP contribution in [0.5, 0.6) is 0 Å². The lowest BCUT2D eigenvalue weighted by Gasteiger charge is -2.48. The van der Waals surface area contributed by atoms with Crippen LogP contribution in [0, 0.1) is 0 Å². The minimum atomic E-state index is -1.68. The molecule has 228 valence electrons. The summed E-state index contributed by atoms with van der Waals surface area (Å²) >= 11 is 0. The van der Waals surface area contributed by atoms with Crippen LogP contribution in [-0.4, -0.2) is 146 Å². The van der Waals surface area contributed by atoms with Gasteiger partial charge in [0.2, 0.25) is 5.91 Å². The number of carbonyl (C=O) groups is 1. The summed E-state index contributed by atoms with van der Waals surface area (Å²) in [5.41, 5.74) is -1.27. The van der Waals surface area contributed by atoms with Gasteiger partial charge in [-0.1, -0.05) is 0 Å². The zero-order chi connectivity index (χ0) is 29.4. The van der Waals surface area contributed by atoms with Crippen molar-refractivity contribution in [2.24, 2.45) is 0 Å². The average Bonchev–Trinajstić information content (AvgIpc) is 2.83. The molecule has 15 atom stereocenters. The molecule has 39 heavy (non-hydrogen) atoms. The molecule has 3 heterocycles. The third kappa shape index (κ3) is 7.43. The molecule has 3 saturated heterocycles. The molecule has 3 fully saturated rings. The van der Waals surface area contributed by atoms with Crippen LogP contribution >= 0.6 is 0 Å². The van der Waals surface area contributed by atoms with Crippen molar-refractivity contribution in [3.05, 3.63) is 0 Å². The van der Waals surface area contributed by atoms with Gasteiger partial charge in [0.15, 0.2) is 18.9 Å². The van der Waals surface area contributed by atoms with E-state index < -0.39 is 104 Å². The van der Waals surface area contributed by atoms with E-state index in [4.69, 9.17) is 28.4 Å². The van der Waals surface area contributed by atoms with Gasteiger partial charge in [-0.3, -0.25) is 4.79 Å². The predicted octanol–water partition coefficient (Wildman–Crippen LogP) is -3.55. The number of aliphatic hydroxyl groups is 7. The molecular formula is C24H43NO14. The molecular weight excluding hydrogens is 526 g/mol. The van der Waals surface area contributed by atoms with E-state index in [0.717, 1.165) is 0 Å². The number of nitrogens with one attached hydrogen (secondary N) is 1. The van der Waals surface area contributed by atoms with Gasteiger partial charge in [0.25, 0.3) is 0 Å². The summed E-state index contributed by atoms with van der Waals surface area (Å²) < 4.78 is 33.4. The van der Waals surface area contributed by atoms with Gasteiger partial charge < -0.3 is 69.5 Å². The lowest BCUT2D eigenvalue weighted by molar-refractivity contribution is -0.371. The van der Waals surface area contributed by atoms with Gasteiger partial charge in [-0.15, -0.1) is 0 Å². The van der Waals surface area contributed by atoms with E-state index in [-0.39, 0.29) is 6.42 Å². The Bertz CT molecular complexity index is 798. The van der Waals surface area contributed by atoms with Crippen molar-refractivity contribution in [1.82, 2.24) is 5.32 Å². The van der Waals surface area contributed by atoms with Gasteiger partial charge in [-0.25, -0.2) is 0 Å². The highest BCUT2D eigenvalue weighted by molar-refractivity contribution is 5.77. The first kappa shape index (κ1) is 32.5. The molecule has 0 bridgehead atoms. The van der Waals surface area contributed by atoms with Crippen molar-refractivity contribution in [3.63, 3.8) is 0 Å². The minimum Gasteiger partial charge on any atom is -0.390 e. The SMILES string of the molecule is CO[C@H]1[C@H](O[C@@H]2[C@@H](O)[C@H](C)O[C@@H](O[C@@H]3[C@@H](O)[C@H](C)O[C@@H](O)[C@@H]3O)[C@@H]2O)O[C@H](C)[C@@H](NC(=O)CC(C)(C)O)[C@@H]1O. The maximum atomic E-state index is 12.4. The number of rotatable bonds is 8. The second kappa shape index (κ2) is 12.9. The molecule has 15 nitrogen and oxygen atoms in total. The second-order valence-corrected chi connectivity index (χ2v) is 11.1. The largest absolute Gasteiger partial charge is 0.390 e. The molecule has 0 saturated carbocycles. The molecule has 0 aliphatic carbocycles. The van der Waals surface area contributed by atoms with Gasteiger partial charge in [0, 0.05) is 7.11 Å². The Hall–Kier alpha value is -1.05. The van der Waals surface area contributed by atoms with Crippen LogP contribution in [0.2, 0.25) is 0 Å². The smallest absolute Gasteiger partial charge is 0.223 e. The maximum absolute atomic E-state index is 12.4. The van der Waals surface area contributed by atoms with Gasteiger partial charge in [0.05, 0.1) is 36.4 Å². The molecule has 3 aliphatic rings.